The van der Waals surface area contributed by atoms with Crippen molar-refractivity contribution < 1.29 is 31.5 Å². The Hall–Kier alpha value is -4.20. The maximum absolute atomic E-state index is 14.3. The van der Waals surface area contributed by atoms with E-state index in [0.29, 0.717) is 27.6 Å². The summed E-state index contributed by atoms with van der Waals surface area (Å²) >= 11 is 12.8. The predicted molar refractivity (Wildman–Crippen MR) is 182 cm³/mol. The van der Waals surface area contributed by atoms with Gasteiger partial charge >= 0.3 is 0 Å². The van der Waals surface area contributed by atoms with Crippen molar-refractivity contribution in [3.8, 4) is 11.1 Å². The van der Waals surface area contributed by atoms with Gasteiger partial charge in [0.05, 0.1) is 35.4 Å². The monoisotopic (exact) mass is 714 g/mol. The Bertz CT molecular complexity index is 1900. The van der Waals surface area contributed by atoms with E-state index in [0.717, 1.165) is 18.2 Å². The molecule has 0 saturated carbocycles. The maximum Gasteiger partial charge on any atom is 0.260 e. The molecule has 1 unspecified atom stereocenters. The zero-order valence-corrected chi connectivity index (χ0v) is 27.7. The number of sulfonamides is 1. The van der Waals surface area contributed by atoms with Crippen molar-refractivity contribution in [1.82, 2.24) is 9.62 Å². The number of amides is 2. The first-order valence-electron chi connectivity index (χ1n) is 14.7. The van der Waals surface area contributed by atoms with E-state index >= 15 is 0 Å². The van der Waals surface area contributed by atoms with Crippen molar-refractivity contribution in [1.29, 1.82) is 0 Å². The van der Waals surface area contributed by atoms with Gasteiger partial charge in [0.25, 0.3) is 5.91 Å². The number of morpholine rings is 1. The zero-order chi connectivity index (χ0) is 34.4. The molecular formula is C34H30Cl2F2N4O5S. The Balaban J connectivity index is 1.54. The van der Waals surface area contributed by atoms with E-state index in [2.05, 4.69) is 17.0 Å². The van der Waals surface area contributed by atoms with Crippen LogP contribution in [-0.2, 0) is 26.0 Å². The van der Waals surface area contributed by atoms with Crippen molar-refractivity contribution in [2.24, 2.45) is 4.99 Å². The summed E-state index contributed by atoms with van der Waals surface area (Å²) in [4.78, 5) is 31.4. The number of halogens is 4. The number of benzene rings is 4. The van der Waals surface area contributed by atoms with Crippen LogP contribution in [0.15, 0.2) is 88.8 Å². The first-order chi connectivity index (χ1) is 23.0. The van der Waals surface area contributed by atoms with E-state index in [1.807, 2.05) is 0 Å². The van der Waals surface area contributed by atoms with E-state index in [1.54, 1.807) is 30.3 Å². The first-order valence-corrected chi connectivity index (χ1v) is 16.9. The number of ether oxygens (including phenoxy) is 1. The topological polar surface area (TPSA) is 108 Å². The molecule has 1 atom stereocenters. The molecule has 1 aliphatic heterocycles. The molecule has 0 spiro atoms. The summed E-state index contributed by atoms with van der Waals surface area (Å²) in [6, 6.07) is 17.8. The molecule has 9 nitrogen and oxygen atoms in total. The van der Waals surface area contributed by atoms with Gasteiger partial charge in [0, 0.05) is 47.0 Å². The third-order valence-electron chi connectivity index (χ3n) is 7.76. The summed E-state index contributed by atoms with van der Waals surface area (Å²) in [5.41, 5.74) is 2.00. The maximum atomic E-state index is 14.3. The molecular weight excluding hydrogens is 685 g/mol. The first kappa shape index (κ1) is 35.1. The molecule has 48 heavy (non-hydrogen) atoms. The second-order valence-corrected chi connectivity index (χ2v) is 13.6. The molecule has 250 valence electrons. The number of hydrogen-bond acceptors (Lipinski definition) is 6. The summed E-state index contributed by atoms with van der Waals surface area (Å²) in [5.74, 6) is -2.15. The van der Waals surface area contributed by atoms with Gasteiger partial charge in [-0.25, -0.2) is 17.2 Å². The lowest BCUT2D eigenvalue weighted by molar-refractivity contribution is -0.110. The normalized spacial score (nSPS) is 14.2. The van der Waals surface area contributed by atoms with Crippen LogP contribution in [0.2, 0.25) is 10.0 Å². The number of nitrogens with one attached hydrogen (secondary N) is 1. The zero-order valence-electron chi connectivity index (χ0n) is 25.4. The average molecular weight is 716 g/mol. The molecule has 2 amide bonds. The van der Waals surface area contributed by atoms with E-state index in [-0.39, 0.29) is 66.7 Å². The quantitative estimate of drug-likeness (QED) is 0.137. The lowest BCUT2D eigenvalue weighted by atomic mass is 10.0. The number of nitrogens with zero attached hydrogens (tertiary/aromatic N) is 3. The third-order valence-corrected chi connectivity index (χ3v) is 10.3. The van der Waals surface area contributed by atoms with Crippen molar-refractivity contribution in [3.05, 3.63) is 112 Å². The minimum atomic E-state index is -3.83. The fourth-order valence-corrected chi connectivity index (χ4v) is 7.49. The summed E-state index contributed by atoms with van der Waals surface area (Å²) < 4.78 is 61.2. The number of aliphatic imine (C=N–C) groups is 1. The Labute approximate surface area is 286 Å². The number of carbonyl (C=O) groups is 2. The Morgan fingerprint density at radius 1 is 1.00 bits per heavy atom. The fraction of sp³-hybridized carbons (Fsp3) is 0.206. The van der Waals surface area contributed by atoms with Gasteiger partial charge in [-0.3, -0.25) is 14.6 Å². The van der Waals surface area contributed by atoms with Gasteiger partial charge in [0.2, 0.25) is 16.4 Å². The molecule has 0 aliphatic carbocycles. The van der Waals surface area contributed by atoms with Crippen LogP contribution < -0.4 is 10.2 Å². The van der Waals surface area contributed by atoms with Crippen molar-refractivity contribution in [2.45, 2.75) is 17.4 Å². The molecule has 1 saturated heterocycles. The SMILES string of the molecule is C=Nc1cc(-c2c(Cl)cccc2Cl)ccc1C(=O)N(CC(Cc1cc(F)cc(F)c1)NC=O)c1ccc(S(=O)(=O)N2CCOCC2)cc1. The van der Waals surface area contributed by atoms with E-state index < -0.39 is 33.6 Å². The van der Waals surface area contributed by atoms with Gasteiger partial charge in [0.1, 0.15) is 11.6 Å². The van der Waals surface area contributed by atoms with Crippen molar-refractivity contribution >= 4 is 63.6 Å². The number of carbonyl (C=O) groups excluding carboxylic acids is 2. The van der Waals surface area contributed by atoms with Crippen molar-refractivity contribution in [2.75, 3.05) is 37.7 Å². The second kappa shape index (κ2) is 15.3. The van der Waals surface area contributed by atoms with E-state index in [9.17, 15) is 26.8 Å². The van der Waals surface area contributed by atoms with Gasteiger partial charge in [-0.15, -0.1) is 0 Å². The standard InChI is InChI=1S/C34H30Cl2F2N4O5S/c1-39-32-18-23(33-30(35)3-2-4-31(33)36)5-10-29(32)34(44)42(20-26(40-21-43)17-22-15-24(37)19-25(38)16-22)27-6-8-28(9-7-27)48(45,46)41-11-13-47-14-12-41/h2-10,15-16,18-19,21,26H,1,11-14,17,20H2,(H,40,43). The number of hydrogen-bond donors (Lipinski definition) is 1. The number of rotatable bonds is 12. The fourth-order valence-electron chi connectivity index (χ4n) is 5.46. The molecule has 1 aliphatic rings. The summed E-state index contributed by atoms with van der Waals surface area (Å²) in [5, 5.41) is 3.41. The van der Waals surface area contributed by atoms with Crippen LogP contribution in [0.4, 0.5) is 20.2 Å². The molecule has 0 bridgehead atoms. The van der Waals surface area contributed by atoms with Crippen LogP contribution in [0.5, 0.6) is 0 Å². The summed E-state index contributed by atoms with van der Waals surface area (Å²) in [6.45, 7) is 4.44. The highest BCUT2D eigenvalue weighted by molar-refractivity contribution is 7.89. The van der Waals surface area contributed by atoms with Crippen LogP contribution in [0.1, 0.15) is 15.9 Å². The molecule has 0 aromatic heterocycles. The molecule has 4 aromatic carbocycles. The molecule has 14 heteroatoms. The van der Waals surface area contributed by atoms with E-state index in [1.165, 1.54) is 39.5 Å². The summed E-state index contributed by atoms with van der Waals surface area (Å²) in [7, 11) is -3.83. The second-order valence-electron chi connectivity index (χ2n) is 10.9. The molecule has 0 radical (unpaired) electrons. The van der Waals surface area contributed by atoms with Crippen molar-refractivity contribution in [3.63, 3.8) is 0 Å². The Morgan fingerprint density at radius 2 is 1.65 bits per heavy atom. The molecule has 1 fully saturated rings. The largest absolute Gasteiger partial charge is 0.379 e. The number of anilines is 1. The molecule has 1 heterocycles. The Kier molecular flexibility index (Phi) is 11.2. The van der Waals surface area contributed by atoms with Gasteiger partial charge in [-0.1, -0.05) is 35.3 Å². The smallest absolute Gasteiger partial charge is 0.260 e. The van der Waals surface area contributed by atoms with Gasteiger partial charge in [-0.05, 0) is 84.9 Å². The Morgan fingerprint density at radius 3 is 2.25 bits per heavy atom. The highest BCUT2D eigenvalue weighted by Gasteiger charge is 2.28. The molecule has 5 rings (SSSR count). The van der Waals surface area contributed by atoms with E-state index in [4.69, 9.17) is 27.9 Å². The van der Waals surface area contributed by atoms with Crippen LogP contribution in [0.3, 0.4) is 0 Å². The summed E-state index contributed by atoms with van der Waals surface area (Å²) in [6.07, 6.45) is 0.400. The lowest BCUT2D eigenvalue weighted by Gasteiger charge is -2.29. The van der Waals surface area contributed by atoms with Gasteiger partial charge in [-0.2, -0.15) is 4.31 Å². The predicted octanol–water partition coefficient (Wildman–Crippen LogP) is 6.30. The highest BCUT2D eigenvalue weighted by atomic mass is 35.5. The minimum absolute atomic E-state index is 0.0211. The van der Waals surface area contributed by atoms with Crippen LogP contribution in [0.25, 0.3) is 11.1 Å². The third kappa shape index (κ3) is 7.91. The van der Waals surface area contributed by atoms with Gasteiger partial charge < -0.3 is 15.0 Å². The molecule has 4 aromatic rings. The van der Waals surface area contributed by atoms with Gasteiger partial charge in [0.15, 0.2) is 0 Å². The minimum Gasteiger partial charge on any atom is -0.379 e. The average Bonchev–Trinajstić information content (AvgIpc) is 3.07. The van der Waals surface area contributed by atoms with Crippen LogP contribution in [-0.4, -0.2) is 70.6 Å². The highest BCUT2D eigenvalue weighted by Crippen LogP contribution is 2.37. The van der Waals surface area contributed by atoms with Crippen LogP contribution >= 0.6 is 23.2 Å². The lowest BCUT2D eigenvalue weighted by Crippen LogP contribution is -2.45. The van der Waals surface area contributed by atoms with Crippen LogP contribution in [0, 0.1) is 11.6 Å². The molecule has 1 N–H and O–H groups in total.